The van der Waals surface area contributed by atoms with Crippen LogP contribution in [0.2, 0.25) is 0 Å². The third kappa shape index (κ3) is 4.22. The summed E-state index contributed by atoms with van der Waals surface area (Å²) in [6.07, 6.45) is 0.734. The quantitative estimate of drug-likeness (QED) is 0.727. The van der Waals surface area contributed by atoms with Crippen molar-refractivity contribution >= 4 is 28.7 Å². The van der Waals surface area contributed by atoms with Gasteiger partial charge < -0.3 is 15.2 Å². The predicted octanol–water partition coefficient (Wildman–Crippen LogP) is 1.94. The smallest absolute Gasteiger partial charge is 0.342 e. The second-order valence-corrected chi connectivity index (χ2v) is 5.06. The van der Waals surface area contributed by atoms with E-state index in [1.54, 1.807) is 24.3 Å². The summed E-state index contributed by atoms with van der Waals surface area (Å²) in [4.78, 5) is 34.9. The number of phenols is 1. The Morgan fingerprint density at radius 3 is 2.62 bits per heavy atom. The summed E-state index contributed by atoms with van der Waals surface area (Å²) < 4.78 is 4.83. The van der Waals surface area contributed by atoms with Crippen LogP contribution in [0.3, 0.4) is 0 Å². The molecule has 2 aromatic rings. The zero-order valence-electron chi connectivity index (χ0n) is 13.2. The van der Waals surface area contributed by atoms with Crippen molar-refractivity contribution in [1.82, 2.24) is 10.6 Å². The van der Waals surface area contributed by atoms with Crippen molar-refractivity contribution in [2.24, 2.45) is 0 Å². The van der Waals surface area contributed by atoms with Crippen LogP contribution in [0.5, 0.6) is 5.75 Å². The van der Waals surface area contributed by atoms with Crippen LogP contribution in [-0.4, -0.2) is 36.2 Å². The van der Waals surface area contributed by atoms with E-state index in [4.69, 9.17) is 4.74 Å². The highest BCUT2D eigenvalue weighted by atomic mass is 16.5. The second-order valence-electron chi connectivity index (χ2n) is 5.06. The molecule has 7 nitrogen and oxygen atoms in total. The zero-order chi connectivity index (χ0) is 17.5. The number of amides is 3. The highest BCUT2D eigenvalue weighted by molar-refractivity contribution is 6.02. The Labute approximate surface area is 138 Å². The number of hydrogen-bond donors (Lipinski definition) is 3. The van der Waals surface area contributed by atoms with Crippen LogP contribution < -0.4 is 10.6 Å². The van der Waals surface area contributed by atoms with Crippen LogP contribution in [-0.2, 0) is 9.53 Å². The van der Waals surface area contributed by atoms with Gasteiger partial charge in [-0.3, -0.25) is 10.1 Å². The van der Waals surface area contributed by atoms with E-state index in [1.165, 1.54) is 6.07 Å². The number of nitrogens with one attached hydrogen (secondary N) is 2. The normalized spacial score (nSPS) is 10.2. The topological polar surface area (TPSA) is 105 Å². The fraction of sp³-hybridized carbons (Fsp3) is 0.235. The van der Waals surface area contributed by atoms with E-state index >= 15 is 0 Å². The minimum absolute atomic E-state index is 0.0445. The predicted molar refractivity (Wildman–Crippen MR) is 87.7 cm³/mol. The molecule has 0 spiro atoms. The first-order chi connectivity index (χ1) is 11.5. The van der Waals surface area contributed by atoms with Crippen molar-refractivity contribution in [2.75, 3.05) is 13.2 Å². The molecule has 0 bridgehead atoms. The fourth-order valence-corrected chi connectivity index (χ4v) is 2.07. The molecule has 0 aliphatic rings. The molecule has 24 heavy (non-hydrogen) atoms. The molecule has 2 rings (SSSR count). The van der Waals surface area contributed by atoms with E-state index in [-0.39, 0.29) is 11.3 Å². The van der Waals surface area contributed by atoms with Gasteiger partial charge in [0.05, 0.1) is 0 Å². The minimum Gasteiger partial charge on any atom is -0.506 e. The molecule has 0 unspecified atom stereocenters. The van der Waals surface area contributed by atoms with E-state index < -0.39 is 24.5 Å². The minimum atomic E-state index is -0.845. The lowest BCUT2D eigenvalue weighted by atomic mass is 10.1. The molecule has 3 amide bonds. The first-order valence-electron chi connectivity index (χ1n) is 7.48. The Hall–Kier alpha value is -3.09. The Balaban J connectivity index is 1.97. The molecule has 0 atom stereocenters. The zero-order valence-corrected chi connectivity index (χ0v) is 13.2. The molecule has 0 saturated carbocycles. The number of benzene rings is 2. The SMILES string of the molecule is CCCNC(=O)NC(=O)COC(=O)c1ccc2ccccc2c1O. The molecule has 0 aromatic heterocycles. The summed E-state index contributed by atoms with van der Waals surface area (Å²) >= 11 is 0. The standard InChI is InChI=1S/C17H18N2O5/c1-2-9-18-17(23)19-14(20)10-24-16(22)13-8-7-11-5-3-4-6-12(11)15(13)21/h3-8,21H,2,9-10H2,1H3,(H2,18,19,20,23). The van der Waals surface area contributed by atoms with Gasteiger partial charge in [-0.1, -0.05) is 37.3 Å². The summed E-state index contributed by atoms with van der Waals surface area (Å²) in [7, 11) is 0. The van der Waals surface area contributed by atoms with Crippen LogP contribution in [0.4, 0.5) is 4.79 Å². The van der Waals surface area contributed by atoms with Gasteiger partial charge in [0.25, 0.3) is 5.91 Å². The fourth-order valence-electron chi connectivity index (χ4n) is 2.07. The number of hydrogen-bond acceptors (Lipinski definition) is 5. The number of phenolic OH excluding ortho intramolecular Hbond substituents is 1. The van der Waals surface area contributed by atoms with Gasteiger partial charge in [0.2, 0.25) is 0 Å². The van der Waals surface area contributed by atoms with Gasteiger partial charge in [-0.25, -0.2) is 9.59 Å². The molecular weight excluding hydrogens is 312 g/mol. The van der Waals surface area contributed by atoms with E-state index in [2.05, 4.69) is 5.32 Å². The molecule has 0 saturated heterocycles. The largest absolute Gasteiger partial charge is 0.506 e. The highest BCUT2D eigenvalue weighted by Gasteiger charge is 2.17. The molecule has 2 aromatic carbocycles. The molecule has 0 aliphatic carbocycles. The Kier molecular flexibility index (Phi) is 5.73. The second kappa shape index (κ2) is 7.96. The summed E-state index contributed by atoms with van der Waals surface area (Å²) in [5.41, 5.74) is -0.0445. The third-order valence-electron chi connectivity index (χ3n) is 3.24. The lowest BCUT2D eigenvalue weighted by Crippen LogP contribution is -2.41. The first kappa shape index (κ1) is 17.3. The van der Waals surface area contributed by atoms with E-state index in [1.807, 2.05) is 18.3 Å². The van der Waals surface area contributed by atoms with Gasteiger partial charge in [-0.2, -0.15) is 0 Å². The average Bonchev–Trinajstić information content (AvgIpc) is 2.58. The Bertz CT molecular complexity index is 773. The van der Waals surface area contributed by atoms with Crippen molar-refractivity contribution in [3.63, 3.8) is 0 Å². The monoisotopic (exact) mass is 330 g/mol. The first-order valence-corrected chi connectivity index (χ1v) is 7.48. The lowest BCUT2D eigenvalue weighted by Gasteiger charge is -2.09. The molecule has 3 N–H and O–H groups in total. The van der Waals surface area contributed by atoms with Gasteiger partial charge >= 0.3 is 12.0 Å². The number of esters is 1. The highest BCUT2D eigenvalue weighted by Crippen LogP contribution is 2.28. The number of fused-ring (bicyclic) bond motifs is 1. The van der Waals surface area contributed by atoms with Crippen molar-refractivity contribution < 1.29 is 24.2 Å². The average molecular weight is 330 g/mol. The Morgan fingerprint density at radius 2 is 1.88 bits per heavy atom. The summed E-state index contributed by atoms with van der Waals surface area (Å²) in [6, 6.07) is 9.47. The van der Waals surface area contributed by atoms with Gasteiger partial charge in [-0.05, 0) is 17.9 Å². The van der Waals surface area contributed by atoms with Gasteiger partial charge in [0, 0.05) is 11.9 Å². The van der Waals surface area contributed by atoms with Gasteiger partial charge in [-0.15, -0.1) is 0 Å². The Morgan fingerprint density at radius 1 is 1.12 bits per heavy atom. The molecular formula is C17H18N2O5. The maximum Gasteiger partial charge on any atom is 0.342 e. The number of aromatic hydroxyl groups is 1. The lowest BCUT2D eigenvalue weighted by molar-refractivity contribution is -0.123. The number of carbonyl (C=O) groups excluding carboxylic acids is 3. The van der Waals surface area contributed by atoms with Crippen LogP contribution in [0.15, 0.2) is 36.4 Å². The molecule has 7 heteroatoms. The number of carbonyl (C=O) groups is 3. The van der Waals surface area contributed by atoms with Gasteiger partial charge in [0.1, 0.15) is 11.3 Å². The van der Waals surface area contributed by atoms with Gasteiger partial charge in [0.15, 0.2) is 6.61 Å². The molecule has 0 radical (unpaired) electrons. The number of ether oxygens (including phenoxy) is 1. The third-order valence-corrected chi connectivity index (χ3v) is 3.24. The maximum absolute atomic E-state index is 12.0. The van der Waals surface area contributed by atoms with Crippen molar-refractivity contribution in [3.05, 3.63) is 42.0 Å². The summed E-state index contributed by atoms with van der Waals surface area (Å²) in [5.74, 6) is -1.81. The van der Waals surface area contributed by atoms with Crippen molar-refractivity contribution in [3.8, 4) is 5.75 Å². The van der Waals surface area contributed by atoms with Crippen LogP contribution in [0, 0.1) is 0 Å². The van der Waals surface area contributed by atoms with Crippen LogP contribution >= 0.6 is 0 Å². The maximum atomic E-state index is 12.0. The van der Waals surface area contributed by atoms with Crippen molar-refractivity contribution in [2.45, 2.75) is 13.3 Å². The number of imide groups is 1. The van der Waals surface area contributed by atoms with Crippen molar-refractivity contribution in [1.29, 1.82) is 0 Å². The molecule has 0 fully saturated rings. The van der Waals surface area contributed by atoms with E-state index in [9.17, 15) is 19.5 Å². The molecule has 0 heterocycles. The number of urea groups is 1. The van der Waals surface area contributed by atoms with Crippen LogP contribution in [0.1, 0.15) is 23.7 Å². The summed E-state index contributed by atoms with van der Waals surface area (Å²) in [5, 5.41) is 15.9. The summed E-state index contributed by atoms with van der Waals surface area (Å²) in [6.45, 7) is 1.69. The van der Waals surface area contributed by atoms with E-state index in [0.717, 1.165) is 11.8 Å². The van der Waals surface area contributed by atoms with Crippen LogP contribution in [0.25, 0.3) is 10.8 Å². The molecule has 0 aliphatic heterocycles. The van der Waals surface area contributed by atoms with E-state index in [0.29, 0.717) is 11.9 Å². The number of rotatable bonds is 5. The molecule has 126 valence electrons.